The van der Waals surface area contributed by atoms with Crippen LogP contribution in [0.15, 0.2) is 40.9 Å². The molecule has 3 aromatic rings. The van der Waals surface area contributed by atoms with Gasteiger partial charge in [-0.05, 0) is 43.3 Å². The monoisotopic (exact) mass is 359 g/mol. The van der Waals surface area contributed by atoms with Crippen LogP contribution in [-0.2, 0) is 6.54 Å². The number of nitriles is 1. The van der Waals surface area contributed by atoms with Crippen LogP contribution in [0.1, 0.15) is 12.5 Å². The molecule has 0 radical (unpaired) electrons. The van der Waals surface area contributed by atoms with E-state index in [4.69, 9.17) is 16.9 Å². The molecule has 0 atom stereocenters. The Morgan fingerprint density at radius 1 is 1.29 bits per heavy atom. The molecule has 0 spiro atoms. The maximum atomic E-state index is 9.01. The summed E-state index contributed by atoms with van der Waals surface area (Å²) in [6, 6.07) is 13.4. The average Bonchev–Trinajstić information content (AvgIpc) is 2.84. The van der Waals surface area contributed by atoms with Crippen LogP contribution in [0.5, 0.6) is 0 Å². The lowest BCUT2D eigenvalue weighted by molar-refractivity contribution is 0.796. The first kappa shape index (κ1) is 14.1. The van der Waals surface area contributed by atoms with Crippen LogP contribution in [0, 0.1) is 11.3 Å². The van der Waals surface area contributed by atoms with Gasteiger partial charge in [0, 0.05) is 16.6 Å². The molecule has 0 fully saturated rings. The molecule has 2 aromatic carbocycles. The fraction of sp³-hybridized carbons (Fsp3) is 0.125. The zero-order valence-electron chi connectivity index (χ0n) is 11.3. The number of benzene rings is 2. The molecule has 0 bridgehead atoms. The van der Waals surface area contributed by atoms with Crippen molar-refractivity contribution in [2.45, 2.75) is 13.5 Å². The molecule has 0 saturated heterocycles. The van der Waals surface area contributed by atoms with Crippen molar-refractivity contribution in [3.8, 4) is 17.5 Å². The Morgan fingerprint density at radius 2 is 2.10 bits per heavy atom. The van der Waals surface area contributed by atoms with E-state index in [1.807, 2.05) is 30.3 Å². The van der Waals surface area contributed by atoms with Crippen LogP contribution in [-0.4, -0.2) is 9.55 Å². The van der Waals surface area contributed by atoms with Crippen LogP contribution in [0.2, 0.25) is 5.02 Å². The molecular weight excluding hydrogens is 350 g/mol. The second-order valence-corrected chi connectivity index (χ2v) is 5.94. The third kappa shape index (κ3) is 2.44. The molecule has 0 N–H and O–H groups in total. The van der Waals surface area contributed by atoms with Crippen LogP contribution in [0.4, 0.5) is 0 Å². The predicted octanol–water partition coefficient (Wildman–Crippen LogP) is 5.01. The predicted molar refractivity (Wildman–Crippen MR) is 88.3 cm³/mol. The van der Waals surface area contributed by atoms with E-state index < -0.39 is 0 Å². The largest absolute Gasteiger partial charge is 0.324 e. The second kappa shape index (κ2) is 5.51. The maximum Gasteiger partial charge on any atom is 0.142 e. The molecule has 0 amide bonds. The zero-order valence-corrected chi connectivity index (χ0v) is 13.6. The molecule has 5 heteroatoms. The highest BCUT2D eigenvalue weighted by Crippen LogP contribution is 2.32. The Morgan fingerprint density at radius 3 is 2.76 bits per heavy atom. The van der Waals surface area contributed by atoms with E-state index >= 15 is 0 Å². The van der Waals surface area contributed by atoms with Crippen molar-refractivity contribution >= 4 is 38.6 Å². The van der Waals surface area contributed by atoms with Crippen LogP contribution < -0.4 is 0 Å². The molecule has 0 unspecified atom stereocenters. The maximum absolute atomic E-state index is 9.01. The highest BCUT2D eigenvalue weighted by molar-refractivity contribution is 9.10. The number of aryl methyl sites for hydroxylation is 1. The van der Waals surface area contributed by atoms with E-state index in [2.05, 4.69) is 38.5 Å². The van der Waals surface area contributed by atoms with Crippen LogP contribution >= 0.6 is 27.5 Å². The van der Waals surface area contributed by atoms with Crippen molar-refractivity contribution in [2.24, 2.45) is 0 Å². The first-order chi connectivity index (χ1) is 10.1. The minimum absolute atomic E-state index is 0.608. The van der Waals surface area contributed by atoms with E-state index in [1.165, 1.54) is 0 Å². The molecule has 1 heterocycles. The Bertz CT molecular complexity index is 877. The van der Waals surface area contributed by atoms with Gasteiger partial charge in [0.25, 0.3) is 0 Å². The third-order valence-corrected chi connectivity index (χ3v) is 4.17. The molecule has 21 heavy (non-hydrogen) atoms. The quantitative estimate of drug-likeness (QED) is 0.644. The molecule has 1 aromatic heterocycles. The summed E-state index contributed by atoms with van der Waals surface area (Å²) in [7, 11) is 0. The van der Waals surface area contributed by atoms with Crippen molar-refractivity contribution in [2.75, 3.05) is 0 Å². The fourth-order valence-corrected chi connectivity index (χ4v) is 3.15. The number of hydrogen-bond acceptors (Lipinski definition) is 2. The summed E-state index contributed by atoms with van der Waals surface area (Å²) < 4.78 is 3.04. The number of rotatable bonds is 2. The first-order valence-electron chi connectivity index (χ1n) is 6.50. The summed E-state index contributed by atoms with van der Waals surface area (Å²) in [4.78, 5) is 4.66. The zero-order chi connectivity index (χ0) is 15.0. The Hall–Kier alpha value is -1.83. The lowest BCUT2D eigenvalue weighted by Crippen LogP contribution is -1.97. The summed E-state index contributed by atoms with van der Waals surface area (Å²) in [6.45, 7) is 2.85. The lowest BCUT2D eigenvalue weighted by Gasteiger charge is -2.08. The number of aromatic nitrogens is 2. The number of imidazole rings is 1. The van der Waals surface area contributed by atoms with Gasteiger partial charge in [-0.1, -0.05) is 27.5 Å². The lowest BCUT2D eigenvalue weighted by atomic mass is 10.2. The van der Waals surface area contributed by atoms with Crippen molar-refractivity contribution in [1.82, 2.24) is 9.55 Å². The van der Waals surface area contributed by atoms with Gasteiger partial charge in [0.2, 0.25) is 0 Å². The number of fused-ring (bicyclic) bond motifs is 1. The minimum atomic E-state index is 0.608. The highest BCUT2D eigenvalue weighted by Gasteiger charge is 2.14. The van der Waals surface area contributed by atoms with E-state index in [-0.39, 0.29) is 0 Å². The first-order valence-corrected chi connectivity index (χ1v) is 7.67. The molecule has 3 nitrogen and oxygen atoms in total. The summed E-state index contributed by atoms with van der Waals surface area (Å²) >= 11 is 9.75. The number of hydrogen-bond donors (Lipinski definition) is 0. The molecule has 0 aliphatic heterocycles. The van der Waals surface area contributed by atoms with Crippen molar-refractivity contribution in [1.29, 1.82) is 5.26 Å². The molecule has 0 saturated carbocycles. The molecule has 0 aliphatic rings. The van der Waals surface area contributed by atoms with E-state index in [9.17, 15) is 0 Å². The topological polar surface area (TPSA) is 41.6 Å². The second-order valence-electron chi connectivity index (χ2n) is 4.62. The van der Waals surface area contributed by atoms with E-state index in [1.54, 1.807) is 6.07 Å². The van der Waals surface area contributed by atoms with Gasteiger partial charge in [0.15, 0.2) is 0 Å². The standard InChI is InChI=1S/C16H11BrClN3/c1-2-21-15-6-3-10(9-19)7-14(15)20-16(21)12-5-4-11(17)8-13(12)18/h3-8H,2H2,1H3. The van der Waals surface area contributed by atoms with Gasteiger partial charge >= 0.3 is 0 Å². The van der Waals surface area contributed by atoms with Crippen LogP contribution in [0.25, 0.3) is 22.4 Å². The summed E-state index contributed by atoms with van der Waals surface area (Å²) in [5.41, 5.74) is 3.31. The van der Waals surface area contributed by atoms with Gasteiger partial charge in [0.05, 0.1) is 27.7 Å². The van der Waals surface area contributed by atoms with Gasteiger partial charge in [-0.3, -0.25) is 0 Å². The average molecular weight is 361 g/mol. The van der Waals surface area contributed by atoms with Gasteiger partial charge < -0.3 is 4.57 Å². The van der Waals surface area contributed by atoms with Crippen LogP contribution in [0.3, 0.4) is 0 Å². The van der Waals surface area contributed by atoms with Crippen molar-refractivity contribution in [3.63, 3.8) is 0 Å². The third-order valence-electron chi connectivity index (χ3n) is 3.37. The Labute approximate surface area is 135 Å². The minimum Gasteiger partial charge on any atom is -0.324 e. The van der Waals surface area contributed by atoms with Gasteiger partial charge in [0.1, 0.15) is 5.82 Å². The molecule has 104 valence electrons. The number of nitrogens with zero attached hydrogens (tertiary/aromatic N) is 3. The Balaban J connectivity index is 2.29. The van der Waals surface area contributed by atoms with Gasteiger partial charge in [-0.2, -0.15) is 5.26 Å². The highest BCUT2D eigenvalue weighted by atomic mass is 79.9. The summed E-state index contributed by atoms with van der Waals surface area (Å²) in [5, 5.41) is 9.66. The molecule has 0 aliphatic carbocycles. The van der Waals surface area contributed by atoms with Gasteiger partial charge in [-0.15, -0.1) is 0 Å². The van der Waals surface area contributed by atoms with Crippen molar-refractivity contribution in [3.05, 3.63) is 51.5 Å². The summed E-state index contributed by atoms with van der Waals surface area (Å²) in [5.74, 6) is 0.820. The van der Waals surface area contributed by atoms with E-state index in [0.717, 1.165) is 33.4 Å². The number of halogens is 2. The fourth-order valence-electron chi connectivity index (χ4n) is 2.40. The van der Waals surface area contributed by atoms with E-state index in [0.29, 0.717) is 10.6 Å². The van der Waals surface area contributed by atoms with Gasteiger partial charge in [-0.25, -0.2) is 4.98 Å². The normalized spacial score (nSPS) is 10.8. The SMILES string of the molecule is CCn1c(-c2ccc(Br)cc2Cl)nc2cc(C#N)ccc21. The molecule has 3 rings (SSSR count). The smallest absolute Gasteiger partial charge is 0.142 e. The van der Waals surface area contributed by atoms with Crippen molar-refractivity contribution < 1.29 is 0 Å². The Kier molecular flexibility index (Phi) is 3.71. The summed E-state index contributed by atoms with van der Waals surface area (Å²) in [6.07, 6.45) is 0. The molecular formula is C16H11BrClN3.